The molecule has 1 atom stereocenters. The van der Waals surface area contributed by atoms with Crippen LogP contribution in [0.4, 0.5) is 0 Å². The molecule has 1 aromatic rings. The minimum absolute atomic E-state index is 0.00847. The van der Waals surface area contributed by atoms with Crippen LogP contribution in [0.3, 0.4) is 0 Å². The van der Waals surface area contributed by atoms with Crippen molar-refractivity contribution in [3.8, 4) is 0 Å². The third kappa shape index (κ3) is 2.75. The van der Waals surface area contributed by atoms with Crippen molar-refractivity contribution in [1.82, 2.24) is 5.01 Å². The standard InChI is InChI=1S/C13H15BrN2O/c1-9-3-8-13(17)16(15-9)10(2)11-4-6-12(14)7-5-11/h4-7,10H,3,8H2,1-2H3. The van der Waals surface area contributed by atoms with E-state index < -0.39 is 0 Å². The van der Waals surface area contributed by atoms with E-state index in [4.69, 9.17) is 0 Å². The van der Waals surface area contributed by atoms with E-state index in [0.29, 0.717) is 6.42 Å². The molecule has 3 nitrogen and oxygen atoms in total. The van der Waals surface area contributed by atoms with Gasteiger partial charge in [-0.1, -0.05) is 28.1 Å². The zero-order valence-corrected chi connectivity index (χ0v) is 11.6. The number of nitrogens with zero attached hydrogens (tertiary/aromatic N) is 2. The van der Waals surface area contributed by atoms with Gasteiger partial charge in [0.1, 0.15) is 0 Å². The summed E-state index contributed by atoms with van der Waals surface area (Å²) in [5.74, 6) is 0.103. The van der Waals surface area contributed by atoms with Crippen LogP contribution in [-0.2, 0) is 4.79 Å². The molecule has 0 saturated carbocycles. The number of hydrazone groups is 1. The van der Waals surface area contributed by atoms with Crippen LogP contribution in [0.5, 0.6) is 0 Å². The molecule has 1 aliphatic heterocycles. The van der Waals surface area contributed by atoms with Crippen LogP contribution in [0.1, 0.15) is 38.3 Å². The molecule has 0 aromatic heterocycles. The number of carbonyl (C=O) groups is 1. The molecule has 90 valence electrons. The maximum absolute atomic E-state index is 11.8. The molecule has 0 bridgehead atoms. The number of carbonyl (C=O) groups excluding carboxylic acids is 1. The smallest absolute Gasteiger partial charge is 0.243 e. The molecule has 1 unspecified atom stereocenters. The van der Waals surface area contributed by atoms with Crippen LogP contribution in [0, 0.1) is 0 Å². The van der Waals surface area contributed by atoms with Gasteiger partial charge >= 0.3 is 0 Å². The highest BCUT2D eigenvalue weighted by Gasteiger charge is 2.24. The molecule has 2 rings (SSSR count). The Hall–Kier alpha value is -1.16. The lowest BCUT2D eigenvalue weighted by atomic mass is 10.1. The van der Waals surface area contributed by atoms with Gasteiger partial charge in [0, 0.05) is 16.6 Å². The van der Waals surface area contributed by atoms with Crippen molar-refractivity contribution in [3.63, 3.8) is 0 Å². The predicted molar refractivity (Wildman–Crippen MR) is 71.7 cm³/mol. The van der Waals surface area contributed by atoms with Crippen LogP contribution >= 0.6 is 15.9 Å². The molecule has 1 aromatic carbocycles. The Morgan fingerprint density at radius 2 is 1.94 bits per heavy atom. The van der Waals surface area contributed by atoms with Crippen LogP contribution in [-0.4, -0.2) is 16.6 Å². The number of rotatable bonds is 2. The molecule has 0 fully saturated rings. The van der Waals surface area contributed by atoms with E-state index in [1.165, 1.54) is 0 Å². The molecule has 17 heavy (non-hydrogen) atoms. The second-order valence-corrected chi connectivity index (χ2v) is 5.22. The molecule has 1 amide bonds. The molecule has 0 spiro atoms. The molecule has 0 radical (unpaired) electrons. The van der Waals surface area contributed by atoms with Crippen molar-refractivity contribution in [1.29, 1.82) is 0 Å². The zero-order valence-electron chi connectivity index (χ0n) is 9.98. The van der Waals surface area contributed by atoms with Gasteiger partial charge in [-0.2, -0.15) is 5.10 Å². The Kier molecular flexibility index (Phi) is 3.62. The second-order valence-electron chi connectivity index (χ2n) is 4.30. The summed E-state index contributed by atoms with van der Waals surface area (Å²) in [7, 11) is 0. The summed E-state index contributed by atoms with van der Waals surface area (Å²) >= 11 is 3.40. The first-order valence-corrected chi connectivity index (χ1v) is 6.49. The minimum Gasteiger partial charge on any atom is -0.273 e. The monoisotopic (exact) mass is 294 g/mol. The lowest BCUT2D eigenvalue weighted by Gasteiger charge is -2.28. The van der Waals surface area contributed by atoms with Gasteiger partial charge in [-0.05, 0) is 38.0 Å². The first kappa shape index (κ1) is 12.3. The van der Waals surface area contributed by atoms with Gasteiger partial charge in [-0.3, -0.25) is 4.79 Å². The molecule has 1 heterocycles. The van der Waals surface area contributed by atoms with Gasteiger partial charge in [0.2, 0.25) is 5.91 Å². The Balaban J connectivity index is 2.24. The van der Waals surface area contributed by atoms with Crippen molar-refractivity contribution < 1.29 is 4.79 Å². The number of halogens is 1. The van der Waals surface area contributed by atoms with E-state index in [2.05, 4.69) is 21.0 Å². The first-order chi connectivity index (χ1) is 8.08. The van der Waals surface area contributed by atoms with Gasteiger partial charge in [0.05, 0.1) is 6.04 Å². The fourth-order valence-corrected chi connectivity index (χ4v) is 2.14. The normalized spacial score (nSPS) is 17.9. The van der Waals surface area contributed by atoms with E-state index in [1.54, 1.807) is 5.01 Å². The topological polar surface area (TPSA) is 32.7 Å². The highest BCUT2D eigenvalue weighted by Crippen LogP contribution is 2.25. The van der Waals surface area contributed by atoms with Crippen molar-refractivity contribution >= 4 is 27.5 Å². The molecule has 0 aliphatic carbocycles. The summed E-state index contributed by atoms with van der Waals surface area (Å²) in [5, 5.41) is 5.95. The van der Waals surface area contributed by atoms with Crippen LogP contribution < -0.4 is 0 Å². The average Bonchev–Trinajstić information content (AvgIpc) is 2.32. The SMILES string of the molecule is CC1=NN(C(C)c2ccc(Br)cc2)C(=O)CC1. The maximum atomic E-state index is 11.8. The number of benzene rings is 1. The molecule has 0 saturated heterocycles. The van der Waals surface area contributed by atoms with Gasteiger partial charge in [-0.15, -0.1) is 0 Å². The average molecular weight is 295 g/mol. The molecule has 4 heteroatoms. The third-order valence-corrected chi connectivity index (χ3v) is 3.48. The number of amides is 1. The fourth-order valence-electron chi connectivity index (χ4n) is 1.88. The van der Waals surface area contributed by atoms with Crippen molar-refractivity contribution in [2.75, 3.05) is 0 Å². The van der Waals surface area contributed by atoms with Crippen molar-refractivity contribution in [2.45, 2.75) is 32.7 Å². The highest BCUT2D eigenvalue weighted by atomic mass is 79.9. The van der Waals surface area contributed by atoms with Gasteiger partial charge in [-0.25, -0.2) is 5.01 Å². The Labute approximate surface area is 110 Å². The van der Waals surface area contributed by atoms with E-state index in [1.807, 2.05) is 38.1 Å². The minimum atomic E-state index is -0.00847. The van der Waals surface area contributed by atoms with E-state index in [9.17, 15) is 4.79 Å². The van der Waals surface area contributed by atoms with Crippen LogP contribution in [0.2, 0.25) is 0 Å². The summed E-state index contributed by atoms with van der Waals surface area (Å²) in [6, 6.07) is 7.99. The summed E-state index contributed by atoms with van der Waals surface area (Å²) in [4.78, 5) is 11.8. The molecule has 0 N–H and O–H groups in total. The van der Waals surface area contributed by atoms with Crippen molar-refractivity contribution in [2.24, 2.45) is 5.10 Å². The summed E-state index contributed by atoms with van der Waals surface area (Å²) < 4.78 is 1.04. The van der Waals surface area contributed by atoms with E-state index in [0.717, 1.165) is 22.2 Å². The largest absolute Gasteiger partial charge is 0.273 e. The van der Waals surface area contributed by atoms with Crippen molar-refractivity contribution in [3.05, 3.63) is 34.3 Å². The summed E-state index contributed by atoms with van der Waals surface area (Å²) in [6.07, 6.45) is 1.35. The van der Waals surface area contributed by atoms with Gasteiger partial charge < -0.3 is 0 Å². The highest BCUT2D eigenvalue weighted by molar-refractivity contribution is 9.10. The Bertz CT molecular complexity index is 453. The number of hydrogen-bond donors (Lipinski definition) is 0. The zero-order chi connectivity index (χ0) is 12.4. The molecule has 1 aliphatic rings. The lowest BCUT2D eigenvalue weighted by molar-refractivity contribution is -0.134. The maximum Gasteiger partial charge on any atom is 0.243 e. The predicted octanol–water partition coefficient (Wildman–Crippen LogP) is 3.51. The Morgan fingerprint density at radius 1 is 1.29 bits per heavy atom. The second kappa shape index (κ2) is 5.00. The third-order valence-electron chi connectivity index (χ3n) is 2.95. The molecular formula is C13H15BrN2O. The Morgan fingerprint density at radius 3 is 2.59 bits per heavy atom. The van der Waals surface area contributed by atoms with Crippen LogP contribution in [0.25, 0.3) is 0 Å². The summed E-state index contributed by atoms with van der Waals surface area (Å²) in [5.41, 5.74) is 2.12. The van der Waals surface area contributed by atoms with Gasteiger partial charge in [0.25, 0.3) is 0 Å². The van der Waals surface area contributed by atoms with E-state index >= 15 is 0 Å². The number of hydrogen-bond acceptors (Lipinski definition) is 2. The van der Waals surface area contributed by atoms with Crippen LogP contribution in [0.15, 0.2) is 33.8 Å². The molecular weight excluding hydrogens is 280 g/mol. The lowest BCUT2D eigenvalue weighted by Crippen LogP contribution is -2.33. The fraction of sp³-hybridized carbons (Fsp3) is 0.385. The van der Waals surface area contributed by atoms with E-state index in [-0.39, 0.29) is 11.9 Å². The van der Waals surface area contributed by atoms with Gasteiger partial charge in [0.15, 0.2) is 0 Å². The first-order valence-electron chi connectivity index (χ1n) is 5.69. The summed E-state index contributed by atoms with van der Waals surface area (Å²) in [6.45, 7) is 3.97. The quantitative estimate of drug-likeness (QED) is 0.821.